The van der Waals surface area contributed by atoms with Gasteiger partial charge in [0.1, 0.15) is 11.5 Å². The second-order valence-corrected chi connectivity index (χ2v) is 7.19. The highest BCUT2D eigenvalue weighted by Gasteiger charge is 2.24. The zero-order valence-corrected chi connectivity index (χ0v) is 16.9. The number of hydrogen-bond acceptors (Lipinski definition) is 7. The molecule has 1 aliphatic rings. The molecule has 0 spiro atoms. The van der Waals surface area contributed by atoms with Crippen LogP contribution in [0.25, 0.3) is 0 Å². The summed E-state index contributed by atoms with van der Waals surface area (Å²) in [5, 5.41) is 10.7. The van der Waals surface area contributed by atoms with Crippen LogP contribution in [0.2, 0.25) is 0 Å². The number of hydrogen-bond donors (Lipinski definition) is 1. The first-order valence-corrected chi connectivity index (χ1v) is 9.51. The largest absolute Gasteiger partial charge is 0.466 e. The molecular weight excluding hydrogens is 390 g/mol. The van der Waals surface area contributed by atoms with Crippen molar-refractivity contribution in [3.05, 3.63) is 70.1 Å². The molecule has 1 aliphatic heterocycles. The van der Waals surface area contributed by atoms with E-state index in [1.165, 1.54) is 18.2 Å². The molecule has 7 nitrogen and oxygen atoms in total. The fourth-order valence-electron chi connectivity index (χ4n) is 2.32. The third-order valence-electron chi connectivity index (χ3n) is 4.05. The summed E-state index contributed by atoms with van der Waals surface area (Å²) in [6.07, 6.45) is 2.67. The van der Waals surface area contributed by atoms with Crippen LogP contribution in [0.1, 0.15) is 16.7 Å². The van der Waals surface area contributed by atoms with Gasteiger partial charge in [-0.1, -0.05) is 6.07 Å². The molecule has 1 N–H and O–H groups in total. The molecule has 0 radical (unpaired) electrons. The predicted molar refractivity (Wildman–Crippen MR) is 113 cm³/mol. The smallest absolute Gasteiger partial charge is 0.331 e. The summed E-state index contributed by atoms with van der Waals surface area (Å²) in [4.78, 5) is 23.2. The second kappa shape index (κ2) is 9.20. The first-order valence-electron chi connectivity index (χ1n) is 8.69. The van der Waals surface area contributed by atoms with Crippen LogP contribution in [0.5, 0.6) is 11.5 Å². The average Bonchev–Trinajstić information content (AvgIpc) is 3.05. The summed E-state index contributed by atoms with van der Waals surface area (Å²) in [6, 6.07) is 13.3. The molecule has 0 bridgehead atoms. The lowest BCUT2D eigenvalue weighted by Crippen LogP contribution is -2.19. The SMILES string of the molecule is COC(=O)/C=C1/S/C(=N\N=Cc2ccc(Oc3ccc(C)c(C)c3)cc2)NC1=O. The minimum Gasteiger partial charge on any atom is -0.466 e. The lowest BCUT2D eigenvalue weighted by Gasteiger charge is -2.08. The molecule has 1 fully saturated rings. The van der Waals surface area contributed by atoms with Crippen LogP contribution in [0, 0.1) is 13.8 Å². The van der Waals surface area contributed by atoms with Gasteiger partial charge in [-0.2, -0.15) is 5.10 Å². The molecule has 0 aromatic heterocycles. The molecule has 1 saturated heterocycles. The van der Waals surface area contributed by atoms with Crippen molar-refractivity contribution in [2.24, 2.45) is 10.2 Å². The third kappa shape index (κ3) is 5.55. The van der Waals surface area contributed by atoms with Gasteiger partial charge >= 0.3 is 5.97 Å². The normalized spacial score (nSPS) is 16.4. The molecule has 148 valence electrons. The Balaban J connectivity index is 1.61. The van der Waals surface area contributed by atoms with Gasteiger partial charge in [-0.3, -0.25) is 10.1 Å². The molecule has 2 aromatic rings. The van der Waals surface area contributed by atoms with E-state index in [1.807, 2.05) is 49.4 Å². The Morgan fingerprint density at radius 2 is 1.79 bits per heavy atom. The van der Waals surface area contributed by atoms with Gasteiger partial charge in [0, 0.05) is 6.08 Å². The van der Waals surface area contributed by atoms with Crippen molar-refractivity contribution in [1.29, 1.82) is 0 Å². The van der Waals surface area contributed by atoms with Crippen molar-refractivity contribution in [2.45, 2.75) is 13.8 Å². The van der Waals surface area contributed by atoms with Crippen LogP contribution in [0.4, 0.5) is 0 Å². The quantitative estimate of drug-likeness (QED) is 0.352. The minimum absolute atomic E-state index is 0.207. The highest BCUT2D eigenvalue weighted by atomic mass is 32.2. The number of aryl methyl sites for hydroxylation is 2. The number of esters is 1. The number of nitrogens with one attached hydrogen (secondary N) is 1. The zero-order valence-electron chi connectivity index (χ0n) is 16.1. The Bertz CT molecular complexity index is 1030. The number of amidine groups is 1. The van der Waals surface area contributed by atoms with Crippen LogP contribution < -0.4 is 10.1 Å². The van der Waals surface area contributed by atoms with Gasteiger partial charge in [0.2, 0.25) is 0 Å². The summed E-state index contributed by atoms with van der Waals surface area (Å²) < 4.78 is 10.4. The van der Waals surface area contributed by atoms with Crippen molar-refractivity contribution in [2.75, 3.05) is 7.11 Å². The lowest BCUT2D eigenvalue weighted by molar-refractivity contribution is -0.135. The Labute approximate surface area is 172 Å². The molecule has 0 unspecified atom stereocenters. The molecule has 0 aliphatic carbocycles. The second-order valence-electron chi connectivity index (χ2n) is 6.15. The van der Waals surface area contributed by atoms with Gasteiger partial charge in [-0.15, -0.1) is 5.10 Å². The maximum absolute atomic E-state index is 11.7. The first-order chi connectivity index (χ1) is 13.9. The number of nitrogens with zero attached hydrogens (tertiary/aromatic N) is 2. The number of methoxy groups -OCH3 is 1. The number of benzene rings is 2. The van der Waals surface area contributed by atoms with E-state index in [-0.39, 0.29) is 10.1 Å². The van der Waals surface area contributed by atoms with Crippen molar-refractivity contribution in [3.63, 3.8) is 0 Å². The van der Waals surface area contributed by atoms with E-state index < -0.39 is 11.9 Å². The van der Waals surface area contributed by atoms with Crippen LogP contribution in [-0.4, -0.2) is 30.4 Å². The molecular formula is C21H19N3O4S. The molecule has 0 saturated carbocycles. The summed E-state index contributed by atoms with van der Waals surface area (Å²) in [7, 11) is 1.24. The van der Waals surface area contributed by atoms with Crippen LogP contribution in [0.15, 0.2) is 63.6 Å². The summed E-state index contributed by atoms with van der Waals surface area (Å²) >= 11 is 1.02. The molecule has 2 aromatic carbocycles. The summed E-state index contributed by atoms with van der Waals surface area (Å²) in [5.74, 6) is 0.483. The van der Waals surface area contributed by atoms with Crippen LogP contribution >= 0.6 is 11.8 Å². The van der Waals surface area contributed by atoms with Gasteiger partial charge in [-0.25, -0.2) is 4.79 Å². The van der Waals surface area contributed by atoms with E-state index in [1.54, 1.807) is 6.21 Å². The number of thioether (sulfide) groups is 1. The highest BCUT2D eigenvalue weighted by Crippen LogP contribution is 2.24. The molecule has 8 heteroatoms. The fraction of sp³-hybridized carbons (Fsp3) is 0.143. The maximum atomic E-state index is 11.7. The number of carbonyl (C=O) groups is 2. The lowest BCUT2D eigenvalue weighted by atomic mass is 10.1. The maximum Gasteiger partial charge on any atom is 0.331 e. The van der Waals surface area contributed by atoms with E-state index in [0.717, 1.165) is 29.2 Å². The fourth-order valence-corrected chi connectivity index (χ4v) is 3.06. The Morgan fingerprint density at radius 3 is 2.48 bits per heavy atom. The summed E-state index contributed by atoms with van der Waals surface area (Å²) in [5.41, 5.74) is 3.21. The van der Waals surface area contributed by atoms with E-state index >= 15 is 0 Å². The standard InChI is InChI=1S/C21H19N3O4S/c1-13-4-7-17(10-14(13)2)28-16-8-5-15(6-9-16)12-22-24-21-23-20(26)18(29-21)11-19(25)27-3/h4-12H,1-3H3,(H,23,24,26)/b18-11+,22-12?. The number of ether oxygens (including phenoxy) is 2. The number of rotatable bonds is 5. The Hall–Kier alpha value is -3.39. The molecule has 0 atom stereocenters. The van der Waals surface area contributed by atoms with Crippen molar-refractivity contribution >= 4 is 35.0 Å². The van der Waals surface area contributed by atoms with Crippen molar-refractivity contribution in [3.8, 4) is 11.5 Å². The monoisotopic (exact) mass is 409 g/mol. The Kier molecular flexibility index (Phi) is 6.46. The third-order valence-corrected chi connectivity index (χ3v) is 4.95. The minimum atomic E-state index is -0.601. The van der Waals surface area contributed by atoms with E-state index in [0.29, 0.717) is 5.75 Å². The summed E-state index contributed by atoms with van der Waals surface area (Å²) in [6.45, 7) is 4.10. The number of amides is 1. The zero-order chi connectivity index (χ0) is 20.8. The van der Waals surface area contributed by atoms with Gasteiger partial charge in [0.15, 0.2) is 5.17 Å². The van der Waals surface area contributed by atoms with Crippen molar-refractivity contribution in [1.82, 2.24) is 5.32 Å². The first kappa shape index (κ1) is 20.3. The van der Waals surface area contributed by atoms with Gasteiger partial charge < -0.3 is 9.47 Å². The topological polar surface area (TPSA) is 89.3 Å². The van der Waals surface area contributed by atoms with Crippen LogP contribution in [-0.2, 0) is 14.3 Å². The average molecular weight is 409 g/mol. The molecule has 3 rings (SSSR count). The Morgan fingerprint density at radius 1 is 1.07 bits per heavy atom. The van der Waals surface area contributed by atoms with E-state index in [9.17, 15) is 9.59 Å². The molecule has 1 heterocycles. The van der Waals surface area contributed by atoms with Gasteiger partial charge in [0.25, 0.3) is 5.91 Å². The predicted octanol–water partition coefficient (Wildman–Crippen LogP) is 3.71. The van der Waals surface area contributed by atoms with Crippen molar-refractivity contribution < 1.29 is 19.1 Å². The van der Waals surface area contributed by atoms with E-state index in [4.69, 9.17) is 4.74 Å². The van der Waals surface area contributed by atoms with Crippen LogP contribution in [0.3, 0.4) is 0 Å². The van der Waals surface area contributed by atoms with Gasteiger partial charge in [-0.05, 0) is 78.7 Å². The van der Waals surface area contributed by atoms with Gasteiger partial charge in [0.05, 0.1) is 18.2 Å². The molecule has 1 amide bonds. The molecule has 29 heavy (non-hydrogen) atoms. The van der Waals surface area contributed by atoms with E-state index in [2.05, 4.69) is 27.2 Å². The number of carbonyl (C=O) groups excluding carboxylic acids is 2. The highest BCUT2D eigenvalue weighted by molar-refractivity contribution is 8.18.